The van der Waals surface area contributed by atoms with E-state index in [0.717, 1.165) is 17.0 Å². The van der Waals surface area contributed by atoms with Gasteiger partial charge in [-0.1, -0.05) is 30.3 Å². The number of nitrogens with zero attached hydrogens (tertiary/aromatic N) is 2. The van der Waals surface area contributed by atoms with Crippen LogP contribution in [-0.2, 0) is 6.54 Å². The third-order valence-corrected chi connectivity index (χ3v) is 3.21. The Hall–Kier alpha value is -2.86. The molecule has 0 bridgehead atoms. The maximum Gasteiger partial charge on any atom is 0.225 e. The number of aliphatic hydroxyl groups excluding tert-OH is 1. The van der Waals surface area contributed by atoms with Crippen LogP contribution >= 0.6 is 0 Å². The summed E-state index contributed by atoms with van der Waals surface area (Å²) in [7, 11) is 0. The minimum Gasteiger partial charge on any atom is -0.467 e. The number of anilines is 2. The van der Waals surface area contributed by atoms with E-state index < -0.39 is 0 Å². The second kappa shape index (κ2) is 7.42. The molecular weight excluding hydrogens is 292 g/mol. The van der Waals surface area contributed by atoms with Gasteiger partial charge in [-0.15, -0.1) is 0 Å². The Morgan fingerprint density at radius 3 is 2.61 bits per heavy atom. The van der Waals surface area contributed by atoms with Crippen molar-refractivity contribution in [1.29, 1.82) is 0 Å². The smallest absolute Gasteiger partial charge is 0.225 e. The number of hydrogen-bond acceptors (Lipinski definition) is 6. The molecule has 0 spiro atoms. The van der Waals surface area contributed by atoms with Crippen LogP contribution in [0.2, 0.25) is 0 Å². The summed E-state index contributed by atoms with van der Waals surface area (Å²) in [6.45, 7) is 0.960. The molecule has 2 aromatic heterocycles. The first-order chi connectivity index (χ1) is 11.3. The normalized spacial score (nSPS) is 10.5. The van der Waals surface area contributed by atoms with Crippen LogP contribution in [0.1, 0.15) is 5.76 Å². The molecule has 6 heteroatoms. The predicted molar refractivity (Wildman–Crippen MR) is 89.1 cm³/mol. The lowest BCUT2D eigenvalue weighted by Gasteiger charge is -2.10. The lowest BCUT2D eigenvalue weighted by atomic mass is 10.1. The largest absolute Gasteiger partial charge is 0.467 e. The van der Waals surface area contributed by atoms with Gasteiger partial charge in [0, 0.05) is 18.2 Å². The van der Waals surface area contributed by atoms with Crippen molar-refractivity contribution in [1.82, 2.24) is 9.97 Å². The summed E-state index contributed by atoms with van der Waals surface area (Å²) in [4.78, 5) is 8.90. The first kappa shape index (κ1) is 15.1. The molecule has 0 aliphatic carbocycles. The Morgan fingerprint density at radius 1 is 1.00 bits per heavy atom. The fourth-order valence-corrected chi connectivity index (χ4v) is 2.13. The highest BCUT2D eigenvalue weighted by molar-refractivity contribution is 5.64. The second-order valence-electron chi connectivity index (χ2n) is 4.91. The predicted octanol–water partition coefficient (Wildman–Crippen LogP) is 2.75. The quantitative estimate of drug-likeness (QED) is 0.622. The van der Waals surface area contributed by atoms with Crippen molar-refractivity contribution < 1.29 is 9.52 Å². The molecule has 2 heterocycles. The van der Waals surface area contributed by atoms with E-state index in [1.165, 1.54) is 0 Å². The minimum atomic E-state index is 0.0219. The molecule has 1 aromatic carbocycles. The monoisotopic (exact) mass is 310 g/mol. The number of rotatable bonds is 7. The average molecular weight is 310 g/mol. The lowest BCUT2D eigenvalue weighted by Crippen LogP contribution is -2.11. The molecule has 0 aliphatic rings. The van der Waals surface area contributed by atoms with Crippen LogP contribution < -0.4 is 10.6 Å². The van der Waals surface area contributed by atoms with E-state index in [9.17, 15) is 0 Å². The van der Waals surface area contributed by atoms with E-state index in [0.29, 0.717) is 24.9 Å². The molecule has 0 amide bonds. The number of nitrogens with one attached hydrogen (secondary N) is 2. The van der Waals surface area contributed by atoms with Crippen molar-refractivity contribution in [3.63, 3.8) is 0 Å². The Labute approximate surface area is 134 Å². The fraction of sp³-hybridized carbons (Fsp3) is 0.176. The SMILES string of the molecule is OCCNc1nc(NCc2ccco2)cc(-c2ccccc2)n1. The standard InChI is InChI=1S/C17H18N4O2/c22-9-8-18-17-20-15(13-5-2-1-3-6-13)11-16(21-17)19-12-14-7-4-10-23-14/h1-7,10-11,22H,8-9,12H2,(H2,18,19,20,21). The summed E-state index contributed by atoms with van der Waals surface area (Å²) in [6.07, 6.45) is 1.64. The molecule has 3 aromatic rings. The Bertz CT molecular complexity index is 730. The third kappa shape index (κ3) is 4.08. The van der Waals surface area contributed by atoms with Gasteiger partial charge in [-0.05, 0) is 12.1 Å². The van der Waals surface area contributed by atoms with E-state index in [1.807, 2.05) is 48.5 Å². The molecule has 0 radical (unpaired) electrons. The van der Waals surface area contributed by atoms with Crippen LogP contribution in [0.25, 0.3) is 11.3 Å². The molecule has 3 N–H and O–H groups in total. The molecule has 0 saturated carbocycles. The Morgan fingerprint density at radius 2 is 1.87 bits per heavy atom. The summed E-state index contributed by atoms with van der Waals surface area (Å²) in [5, 5.41) is 15.2. The zero-order valence-corrected chi connectivity index (χ0v) is 12.6. The van der Waals surface area contributed by atoms with Gasteiger partial charge in [-0.3, -0.25) is 0 Å². The lowest BCUT2D eigenvalue weighted by molar-refractivity contribution is 0.311. The van der Waals surface area contributed by atoms with E-state index in [-0.39, 0.29) is 6.61 Å². The van der Waals surface area contributed by atoms with Crippen molar-refractivity contribution in [2.24, 2.45) is 0 Å². The van der Waals surface area contributed by atoms with Crippen molar-refractivity contribution in [3.8, 4) is 11.3 Å². The molecule has 0 fully saturated rings. The summed E-state index contributed by atoms with van der Waals surface area (Å²) in [5.41, 5.74) is 1.81. The number of benzene rings is 1. The molecule has 0 saturated heterocycles. The Balaban J connectivity index is 1.84. The van der Waals surface area contributed by atoms with E-state index in [1.54, 1.807) is 6.26 Å². The van der Waals surface area contributed by atoms with Crippen LogP contribution in [-0.4, -0.2) is 28.2 Å². The van der Waals surface area contributed by atoms with E-state index in [2.05, 4.69) is 20.6 Å². The number of furan rings is 1. The van der Waals surface area contributed by atoms with Gasteiger partial charge >= 0.3 is 0 Å². The molecule has 0 aliphatic heterocycles. The highest BCUT2D eigenvalue weighted by Crippen LogP contribution is 2.21. The average Bonchev–Trinajstić information content (AvgIpc) is 3.12. The number of hydrogen-bond donors (Lipinski definition) is 3. The molecule has 0 atom stereocenters. The summed E-state index contributed by atoms with van der Waals surface area (Å²) in [5.74, 6) is 1.99. The first-order valence-corrected chi connectivity index (χ1v) is 7.40. The Kier molecular flexibility index (Phi) is 4.85. The highest BCUT2D eigenvalue weighted by atomic mass is 16.3. The molecular formula is C17H18N4O2. The van der Waals surface area contributed by atoms with E-state index >= 15 is 0 Å². The molecule has 3 rings (SSSR count). The number of aliphatic hydroxyl groups is 1. The molecule has 23 heavy (non-hydrogen) atoms. The van der Waals surface area contributed by atoms with Crippen molar-refractivity contribution in [3.05, 3.63) is 60.6 Å². The second-order valence-corrected chi connectivity index (χ2v) is 4.91. The summed E-state index contributed by atoms with van der Waals surface area (Å²) < 4.78 is 5.31. The maximum atomic E-state index is 8.97. The van der Waals surface area contributed by atoms with Crippen molar-refractivity contribution in [2.75, 3.05) is 23.8 Å². The third-order valence-electron chi connectivity index (χ3n) is 3.21. The number of aromatic nitrogens is 2. The van der Waals surface area contributed by atoms with Gasteiger partial charge in [0.2, 0.25) is 5.95 Å². The topological polar surface area (TPSA) is 83.2 Å². The molecule has 118 valence electrons. The van der Waals surface area contributed by atoms with Crippen LogP contribution in [0.3, 0.4) is 0 Å². The van der Waals surface area contributed by atoms with Crippen LogP contribution in [0.15, 0.2) is 59.2 Å². The minimum absolute atomic E-state index is 0.0219. The van der Waals surface area contributed by atoms with Gasteiger partial charge in [0.1, 0.15) is 11.6 Å². The summed E-state index contributed by atoms with van der Waals surface area (Å²) in [6, 6.07) is 15.5. The van der Waals surface area contributed by atoms with Crippen molar-refractivity contribution >= 4 is 11.8 Å². The van der Waals surface area contributed by atoms with Crippen LogP contribution in [0.4, 0.5) is 11.8 Å². The van der Waals surface area contributed by atoms with Gasteiger partial charge in [-0.2, -0.15) is 4.98 Å². The highest BCUT2D eigenvalue weighted by Gasteiger charge is 2.07. The maximum absolute atomic E-state index is 8.97. The summed E-state index contributed by atoms with van der Waals surface area (Å²) >= 11 is 0. The fourth-order valence-electron chi connectivity index (χ4n) is 2.13. The van der Waals surface area contributed by atoms with Crippen LogP contribution in [0.5, 0.6) is 0 Å². The van der Waals surface area contributed by atoms with Gasteiger partial charge in [0.05, 0.1) is 25.1 Å². The van der Waals surface area contributed by atoms with Gasteiger partial charge < -0.3 is 20.2 Å². The van der Waals surface area contributed by atoms with E-state index in [4.69, 9.17) is 9.52 Å². The van der Waals surface area contributed by atoms with Gasteiger partial charge in [0.25, 0.3) is 0 Å². The zero-order chi connectivity index (χ0) is 15.9. The first-order valence-electron chi connectivity index (χ1n) is 7.40. The molecule has 0 unspecified atom stereocenters. The van der Waals surface area contributed by atoms with Crippen LogP contribution in [0, 0.1) is 0 Å². The van der Waals surface area contributed by atoms with Crippen molar-refractivity contribution in [2.45, 2.75) is 6.54 Å². The molecule has 6 nitrogen and oxygen atoms in total. The van der Waals surface area contributed by atoms with Gasteiger partial charge in [-0.25, -0.2) is 4.98 Å². The van der Waals surface area contributed by atoms with Gasteiger partial charge in [0.15, 0.2) is 0 Å². The zero-order valence-electron chi connectivity index (χ0n) is 12.6.